The van der Waals surface area contributed by atoms with E-state index >= 15 is 0 Å². The molecule has 0 atom stereocenters. The largest absolute Gasteiger partial charge is 0.439 e. The van der Waals surface area contributed by atoms with E-state index in [0.717, 1.165) is 35.1 Å². The average molecular weight is 502 g/mol. The van der Waals surface area contributed by atoms with Crippen LogP contribution in [0, 0.1) is 6.92 Å². The predicted octanol–water partition coefficient (Wildman–Crippen LogP) is 4.09. The van der Waals surface area contributed by atoms with E-state index in [1.807, 2.05) is 62.4 Å². The van der Waals surface area contributed by atoms with Crippen molar-refractivity contribution in [2.24, 2.45) is 0 Å². The van der Waals surface area contributed by atoms with E-state index in [1.165, 1.54) is 0 Å². The van der Waals surface area contributed by atoms with Crippen LogP contribution in [-0.2, 0) is 13.0 Å². The van der Waals surface area contributed by atoms with Gasteiger partial charge in [0.2, 0.25) is 0 Å². The molecule has 1 amide bonds. The molecule has 0 unspecified atom stereocenters. The average Bonchev–Trinajstić information content (AvgIpc) is 3.30. The van der Waals surface area contributed by atoms with Gasteiger partial charge in [-0.05, 0) is 43.9 Å². The molecular formula is C28H31N5O4. The van der Waals surface area contributed by atoms with Crippen LogP contribution >= 0.6 is 0 Å². The second-order valence-corrected chi connectivity index (χ2v) is 9.30. The maximum Gasteiger partial charge on any atom is 0.439 e. The number of aromatic amines is 1. The Hall–Kier alpha value is -4.27. The number of rotatable bonds is 9. The van der Waals surface area contributed by atoms with Crippen LogP contribution in [0.4, 0.5) is 0 Å². The molecule has 2 N–H and O–H groups in total. The molecule has 4 rings (SSSR count). The zero-order valence-electron chi connectivity index (χ0n) is 21.5. The van der Waals surface area contributed by atoms with Gasteiger partial charge in [-0.1, -0.05) is 67.0 Å². The van der Waals surface area contributed by atoms with Gasteiger partial charge < -0.3 is 5.32 Å². The van der Waals surface area contributed by atoms with E-state index in [0.29, 0.717) is 30.3 Å². The fourth-order valence-electron chi connectivity index (χ4n) is 4.26. The number of hydrogen-bond acceptors (Lipinski definition) is 6. The lowest BCUT2D eigenvalue weighted by atomic mass is 9.98. The molecule has 2 aromatic carbocycles. The Kier molecular flexibility index (Phi) is 7.81. The van der Waals surface area contributed by atoms with Crippen molar-refractivity contribution in [3.8, 4) is 22.5 Å². The Bertz CT molecular complexity index is 1510. The van der Waals surface area contributed by atoms with Crippen molar-refractivity contribution in [3.63, 3.8) is 0 Å². The third-order valence-electron chi connectivity index (χ3n) is 6.06. The molecule has 2 heterocycles. The molecule has 0 radical (unpaired) electrons. The second-order valence-electron chi connectivity index (χ2n) is 9.30. The predicted molar refractivity (Wildman–Crippen MR) is 142 cm³/mol. The summed E-state index contributed by atoms with van der Waals surface area (Å²) in [4.78, 5) is 45.0. The summed E-state index contributed by atoms with van der Waals surface area (Å²) in [7, 11) is 0. The summed E-state index contributed by atoms with van der Waals surface area (Å²) in [5.74, 6) is 0.0147. The molecule has 9 heteroatoms. The van der Waals surface area contributed by atoms with Gasteiger partial charge in [0.25, 0.3) is 11.5 Å². The van der Waals surface area contributed by atoms with Crippen LogP contribution in [0.5, 0.6) is 0 Å². The van der Waals surface area contributed by atoms with Crippen LogP contribution in [-0.4, -0.2) is 31.6 Å². The van der Waals surface area contributed by atoms with Crippen LogP contribution < -0.4 is 16.6 Å². The van der Waals surface area contributed by atoms with Gasteiger partial charge in [-0.25, -0.2) is 9.78 Å². The van der Waals surface area contributed by atoms with Crippen LogP contribution in [0.2, 0.25) is 0 Å². The first-order valence-corrected chi connectivity index (χ1v) is 12.4. The minimum atomic E-state index is -0.613. The van der Waals surface area contributed by atoms with Crippen molar-refractivity contribution in [2.45, 2.75) is 59.5 Å². The minimum Gasteiger partial charge on any atom is -0.350 e. The molecule has 192 valence electrons. The highest BCUT2D eigenvalue weighted by molar-refractivity contribution is 5.95. The van der Waals surface area contributed by atoms with Gasteiger partial charge in [0, 0.05) is 18.0 Å². The molecular weight excluding hydrogens is 470 g/mol. The highest BCUT2D eigenvalue weighted by atomic mass is 16.5. The fraction of sp³-hybridized carbons (Fsp3) is 0.321. The molecule has 0 aliphatic carbocycles. The molecule has 0 bridgehead atoms. The summed E-state index contributed by atoms with van der Waals surface area (Å²) in [5.41, 5.74) is 3.63. The van der Waals surface area contributed by atoms with Crippen LogP contribution in [0.3, 0.4) is 0 Å². The maximum absolute atomic E-state index is 13.5. The van der Waals surface area contributed by atoms with Gasteiger partial charge in [0.1, 0.15) is 11.4 Å². The molecule has 9 nitrogen and oxygen atoms in total. The van der Waals surface area contributed by atoms with E-state index in [9.17, 15) is 14.4 Å². The number of H-pyrrole nitrogens is 1. The maximum atomic E-state index is 13.5. The minimum absolute atomic E-state index is 0.0844. The lowest BCUT2D eigenvalue weighted by Crippen LogP contribution is -2.39. The number of aryl methyl sites for hydroxylation is 2. The summed E-state index contributed by atoms with van der Waals surface area (Å²) >= 11 is 0. The standard InChI is InChI=1S/C28H31N5O4/c1-5-6-11-23-30-18(4)24(26(34)29-17(2)3)27(35)33(23)16-19-12-14-20(15-13-19)21-9-7-8-10-22(21)25-31-28(36)37-32-25/h7-10,12-15,17H,5-6,11,16H2,1-4H3,(H,29,34)(H,31,32,36). The lowest BCUT2D eigenvalue weighted by Gasteiger charge is -2.17. The van der Waals surface area contributed by atoms with Gasteiger partial charge in [-0.15, -0.1) is 0 Å². The summed E-state index contributed by atoms with van der Waals surface area (Å²) in [6, 6.07) is 15.3. The number of nitrogens with one attached hydrogen (secondary N) is 2. The van der Waals surface area contributed by atoms with Crippen molar-refractivity contribution in [1.82, 2.24) is 25.0 Å². The van der Waals surface area contributed by atoms with Crippen molar-refractivity contribution in [2.75, 3.05) is 0 Å². The van der Waals surface area contributed by atoms with Crippen LogP contribution in [0.1, 0.15) is 61.1 Å². The number of carbonyl (C=O) groups excluding carboxylic acids is 1. The van der Waals surface area contributed by atoms with Gasteiger partial charge in [0.05, 0.1) is 12.2 Å². The fourth-order valence-corrected chi connectivity index (χ4v) is 4.26. The zero-order chi connectivity index (χ0) is 26.5. The molecule has 0 saturated carbocycles. The Morgan fingerprint density at radius 3 is 2.41 bits per heavy atom. The first kappa shape index (κ1) is 25.8. The van der Waals surface area contributed by atoms with Gasteiger partial charge >= 0.3 is 5.76 Å². The molecule has 0 aliphatic rings. The number of amides is 1. The van der Waals surface area contributed by atoms with Crippen LogP contribution in [0.15, 0.2) is 62.6 Å². The zero-order valence-corrected chi connectivity index (χ0v) is 21.5. The summed E-state index contributed by atoms with van der Waals surface area (Å²) in [6.07, 6.45) is 2.51. The number of hydrogen-bond donors (Lipinski definition) is 2. The quantitative estimate of drug-likeness (QED) is 0.356. The number of carbonyl (C=O) groups is 1. The van der Waals surface area contributed by atoms with E-state index in [4.69, 9.17) is 0 Å². The Morgan fingerprint density at radius 2 is 1.78 bits per heavy atom. The van der Waals surface area contributed by atoms with Gasteiger partial charge in [-0.2, -0.15) is 0 Å². The van der Waals surface area contributed by atoms with Crippen molar-refractivity contribution in [1.29, 1.82) is 0 Å². The van der Waals surface area contributed by atoms with Crippen molar-refractivity contribution in [3.05, 3.63) is 92.1 Å². The van der Waals surface area contributed by atoms with E-state index in [-0.39, 0.29) is 17.2 Å². The molecule has 0 fully saturated rings. The summed E-state index contributed by atoms with van der Waals surface area (Å²) < 4.78 is 6.29. The van der Waals surface area contributed by atoms with E-state index in [1.54, 1.807) is 11.5 Å². The SMILES string of the molecule is CCCCc1nc(C)c(C(=O)NC(C)C)c(=O)n1Cc1ccc(-c2ccccc2-c2noc(=O)[nH]2)cc1. The first-order chi connectivity index (χ1) is 17.8. The number of aromatic nitrogens is 4. The Morgan fingerprint density at radius 1 is 1.08 bits per heavy atom. The third kappa shape index (κ3) is 5.77. The highest BCUT2D eigenvalue weighted by Crippen LogP contribution is 2.30. The second kappa shape index (κ2) is 11.2. The number of unbranched alkanes of at least 4 members (excludes halogenated alkanes) is 1. The van der Waals surface area contributed by atoms with E-state index < -0.39 is 11.7 Å². The topological polar surface area (TPSA) is 123 Å². The van der Waals surface area contributed by atoms with Crippen molar-refractivity contribution < 1.29 is 9.32 Å². The Labute approximate surface area is 214 Å². The normalized spacial score (nSPS) is 11.2. The number of benzene rings is 2. The molecule has 37 heavy (non-hydrogen) atoms. The smallest absolute Gasteiger partial charge is 0.350 e. The lowest BCUT2D eigenvalue weighted by molar-refractivity contribution is 0.0939. The first-order valence-electron chi connectivity index (χ1n) is 12.4. The molecule has 0 saturated heterocycles. The van der Waals surface area contributed by atoms with E-state index in [2.05, 4.69) is 31.9 Å². The van der Waals surface area contributed by atoms with Gasteiger partial charge in [-0.3, -0.25) is 23.7 Å². The molecule has 4 aromatic rings. The number of nitrogens with zero attached hydrogens (tertiary/aromatic N) is 3. The van der Waals surface area contributed by atoms with Crippen LogP contribution in [0.25, 0.3) is 22.5 Å². The molecule has 0 spiro atoms. The van der Waals surface area contributed by atoms with Gasteiger partial charge in [0.15, 0.2) is 5.82 Å². The third-order valence-corrected chi connectivity index (χ3v) is 6.06. The Balaban J connectivity index is 1.69. The van der Waals surface area contributed by atoms with Crippen molar-refractivity contribution >= 4 is 5.91 Å². The highest BCUT2D eigenvalue weighted by Gasteiger charge is 2.21. The summed E-state index contributed by atoms with van der Waals surface area (Å²) in [6.45, 7) is 7.81. The summed E-state index contributed by atoms with van der Waals surface area (Å²) in [5, 5.41) is 6.63. The molecule has 2 aromatic heterocycles. The molecule has 0 aliphatic heterocycles. The monoisotopic (exact) mass is 501 g/mol.